The van der Waals surface area contributed by atoms with Gasteiger partial charge in [0.1, 0.15) is 0 Å². The Morgan fingerprint density at radius 1 is 1.40 bits per heavy atom. The van der Waals surface area contributed by atoms with E-state index in [2.05, 4.69) is 13.8 Å². The second-order valence-electron chi connectivity index (χ2n) is 2.91. The topological polar surface area (TPSA) is 35.2 Å². The summed E-state index contributed by atoms with van der Waals surface area (Å²) >= 11 is 0. The maximum atomic E-state index is 5.64. The van der Waals surface area contributed by atoms with Crippen molar-refractivity contribution in [2.24, 2.45) is 11.7 Å². The van der Waals surface area contributed by atoms with Gasteiger partial charge in [0.05, 0.1) is 6.61 Å². The van der Waals surface area contributed by atoms with Crippen molar-refractivity contribution >= 4 is 0 Å². The molecule has 0 radical (unpaired) electrons. The van der Waals surface area contributed by atoms with E-state index in [0.717, 1.165) is 19.6 Å². The molecule has 0 aromatic heterocycles. The standard InChI is InChI=1S/C8H19NO/c1-4-5-10-6-7(2)8(3)9/h7-8H,4-6,9H2,1-3H3. The second kappa shape index (κ2) is 5.69. The first-order valence-corrected chi connectivity index (χ1v) is 4.01. The molecule has 2 N–H and O–H groups in total. The van der Waals surface area contributed by atoms with E-state index in [1.807, 2.05) is 6.92 Å². The predicted molar refractivity (Wildman–Crippen MR) is 43.9 cm³/mol. The maximum absolute atomic E-state index is 5.64. The van der Waals surface area contributed by atoms with Crippen LogP contribution in [0.4, 0.5) is 0 Å². The van der Waals surface area contributed by atoms with Gasteiger partial charge < -0.3 is 10.5 Å². The molecule has 2 atom stereocenters. The van der Waals surface area contributed by atoms with Crippen LogP contribution in [0.25, 0.3) is 0 Å². The van der Waals surface area contributed by atoms with Crippen molar-refractivity contribution in [1.29, 1.82) is 0 Å². The maximum Gasteiger partial charge on any atom is 0.0506 e. The van der Waals surface area contributed by atoms with Crippen LogP contribution in [0.5, 0.6) is 0 Å². The van der Waals surface area contributed by atoms with E-state index < -0.39 is 0 Å². The Labute approximate surface area is 63.7 Å². The Bertz CT molecular complexity index is 73.7. The second-order valence-corrected chi connectivity index (χ2v) is 2.91. The number of hydrogen-bond donors (Lipinski definition) is 1. The molecule has 0 amide bonds. The molecule has 10 heavy (non-hydrogen) atoms. The summed E-state index contributed by atoms with van der Waals surface area (Å²) in [5.41, 5.74) is 5.64. The summed E-state index contributed by atoms with van der Waals surface area (Å²) in [6.45, 7) is 7.89. The number of ether oxygens (including phenoxy) is 1. The van der Waals surface area contributed by atoms with E-state index in [4.69, 9.17) is 10.5 Å². The molecule has 0 aliphatic rings. The largest absolute Gasteiger partial charge is 0.381 e. The average molecular weight is 145 g/mol. The van der Waals surface area contributed by atoms with Gasteiger partial charge in [0, 0.05) is 12.6 Å². The lowest BCUT2D eigenvalue weighted by atomic mass is 10.1. The summed E-state index contributed by atoms with van der Waals surface area (Å²) in [5.74, 6) is 0.478. The Hall–Kier alpha value is -0.0800. The molecule has 2 heteroatoms. The van der Waals surface area contributed by atoms with Gasteiger partial charge in [-0.25, -0.2) is 0 Å². The Balaban J connectivity index is 3.13. The molecule has 0 aliphatic heterocycles. The normalized spacial score (nSPS) is 16.8. The van der Waals surface area contributed by atoms with Crippen LogP contribution in [-0.4, -0.2) is 19.3 Å². The fourth-order valence-electron chi connectivity index (χ4n) is 0.565. The third-order valence-electron chi connectivity index (χ3n) is 1.63. The van der Waals surface area contributed by atoms with E-state index in [0.29, 0.717) is 5.92 Å². The predicted octanol–water partition coefficient (Wildman–Crippen LogP) is 1.40. The van der Waals surface area contributed by atoms with E-state index in [1.54, 1.807) is 0 Å². The highest BCUT2D eigenvalue weighted by Gasteiger charge is 2.05. The smallest absolute Gasteiger partial charge is 0.0506 e. The molecule has 0 aromatic rings. The third kappa shape index (κ3) is 4.77. The molecule has 0 saturated carbocycles. The first-order valence-electron chi connectivity index (χ1n) is 4.01. The molecular weight excluding hydrogens is 126 g/mol. The molecular formula is C8H19NO. The fourth-order valence-corrected chi connectivity index (χ4v) is 0.565. The number of nitrogens with two attached hydrogens (primary N) is 1. The van der Waals surface area contributed by atoms with Crippen LogP contribution in [0.3, 0.4) is 0 Å². The Morgan fingerprint density at radius 3 is 2.40 bits per heavy atom. The lowest BCUT2D eigenvalue weighted by Gasteiger charge is -2.14. The van der Waals surface area contributed by atoms with Crippen molar-refractivity contribution in [3.8, 4) is 0 Å². The zero-order valence-corrected chi connectivity index (χ0v) is 7.26. The van der Waals surface area contributed by atoms with Crippen LogP contribution in [0.2, 0.25) is 0 Å². The SMILES string of the molecule is CCCOCC(C)C(C)N. The third-order valence-corrected chi connectivity index (χ3v) is 1.63. The van der Waals surface area contributed by atoms with Crippen molar-refractivity contribution < 1.29 is 4.74 Å². The van der Waals surface area contributed by atoms with Crippen molar-refractivity contribution in [3.05, 3.63) is 0 Å². The van der Waals surface area contributed by atoms with Gasteiger partial charge in [-0.15, -0.1) is 0 Å². The summed E-state index contributed by atoms with van der Waals surface area (Å²) in [4.78, 5) is 0. The Kier molecular flexibility index (Phi) is 5.64. The van der Waals surface area contributed by atoms with Gasteiger partial charge in [-0.1, -0.05) is 13.8 Å². The summed E-state index contributed by atoms with van der Waals surface area (Å²) in [6.07, 6.45) is 1.09. The zero-order chi connectivity index (χ0) is 7.98. The molecule has 0 aromatic carbocycles. The molecule has 0 heterocycles. The molecule has 0 bridgehead atoms. The monoisotopic (exact) mass is 145 g/mol. The van der Waals surface area contributed by atoms with Gasteiger partial charge in [0.15, 0.2) is 0 Å². The van der Waals surface area contributed by atoms with E-state index in [9.17, 15) is 0 Å². The van der Waals surface area contributed by atoms with Gasteiger partial charge >= 0.3 is 0 Å². The Morgan fingerprint density at radius 2 is 2.00 bits per heavy atom. The highest BCUT2D eigenvalue weighted by molar-refractivity contribution is 4.61. The minimum absolute atomic E-state index is 0.247. The molecule has 0 aliphatic carbocycles. The first kappa shape index (κ1) is 9.92. The first-order chi connectivity index (χ1) is 4.68. The van der Waals surface area contributed by atoms with Gasteiger partial charge in [-0.3, -0.25) is 0 Å². The minimum atomic E-state index is 0.247. The molecule has 2 nitrogen and oxygen atoms in total. The van der Waals surface area contributed by atoms with Crippen molar-refractivity contribution in [2.75, 3.05) is 13.2 Å². The zero-order valence-electron chi connectivity index (χ0n) is 7.26. The van der Waals surface area contributed by atoms with Crippen LogP contribution in [0.1, 0.15) is 27.2 Å². The molecule has 0 saturated heterocycles. The summed E-state index contributed by atoms with van der Waals surface area (Å²) in [6, 6.07) is 0.247. The van der Waals surface area contributed by atoms with Crippen LogP contribution >= 0.6 is 0 Å². The van der Waals surface area contributed by atoms with Crippen LogP contribution < -0.4 is 5.73 Å². The fraction of sp³-hybridized carbons (Fsp3) is 1.00. The summed E-state index contributed by atoms with van der Waals surface area (Å²) in [7, 11) is 0. The van der Waals surface area contributed by atoms with E-state index >= 15 is 0 Å². The number of rotatable bonds is 5. The molecule has 2 unspecified atom stereocenters. The quantitative estimate of drug-likeness (QED) is 0.593. The molecule has 62 valence electrons. The van der Waals surface area contributed by atoms with Crippen LogP contribution in [0.15, 0.2) is 0 Å². The van der Waals surface area contributed by atoms with Gasteiger partial charge in [-0.2, -0.15) is 0 Å². The average Bonchev–Trinajstić information content (AvgIpc) is 1.88. The van der Waals surface area contributed by atoms with Gasteiger partial charge in [-0.05, 0) is 19.3 Å². The molecule has 0 fully saturated rings. The van der Waals surface area contributed by atoms with Crippen molar-refractivity contribution in [3.63, 3.8) is 0 Å². The lowest BCUT2D eigenvalue weighted by Crippen LogP contribution is -2.27. The van der Waals surface area contributed by atoms with Gasteiger partial charge in [0.2, 0.25) is 0 Å². The van der Waals surface area contributed by atoms with Gasteiger partial charge in [0.25, 0.3) is 0 Å². The van der Waals surface area contributed by atoms with Crippen molar-refractivity contribution in [1.82, 2.24) is 0 Å². The van der Waals surface area contributed by atoms with E-state index in [-0.39, 0.29) is 6.04 Å². The summed E-state index contributed by atoms with van der Waals surface area (Å²) in [5, 5.41) is 0. The van der Waals surface area contributed by atoms with Crippen LogP contribution in [0, 0.1) is 5.92 Å². The molecule has 0 rings (SSSR count). The number of hydrogen-bond acceptors (Lipinski definition) is 2. The lowest BCUT2D eigenvalue weighted by molar-refractivity contribution is 0.0987. The van der Waals surface area contributed by atoms with Crippen molar-refractivity contribution in [2.45, 2.75) is 33.2 Å². The van der Waals surface area contributed by atoms with E-state index in [1.165, 1.54) is 0 Å². The molecule has 0 spiro atoms. The van der Waals surface area contributed by atoms with Crippen LogP contribution in [-0.2, 0) is 4.74 Å². The summed E-state index contributed by atoms with van der Waals surface area (Å²) < 4.78 is 5.33. The highest BCUT2D eigenvalue weighted by atomic mass is 16.5. The highest BCUT2D eigenvalue weighted by Crippen LogP contribution is 1.99. The minimum Gasteiger partial charge on any atom is -0.381 e.